The first-order chi connectivity index (χ1) is 9.78. The van der Waals surface area contributed by atoms with Crippen LogP contribution in [0.3, 0.4) is 0 Å². The van der Waals surface area contributed by atoms with Crippen molar-refractivity contribution in [1.82, 2.24) is 20.4 Å². The predicted molar refractivity (Wildman–Crippen MR) is 72.9 cm³/mol. The van der Waals surface area contributed by atoms with E-state index in [2.05, 4.69) is 25.8 Å². The lowest BCUT2D eigenvalue weighted by Gasteiger charge is -2.07. The maximum Gasteiger partial charge on any atom is 0.245 e. The molecule has 7 heteroatoms. The molecule has 2 N–H and O–H groups in total. The van der Waals surface area contributed by atoms with Gasteiger partial charge in [-0.1, -0.05) is 0 Å². The number of ether oxygens (including phenoxy) is 1. The van der Waals surface area contributed by atoms with E-state index in [1.54, 1.807) is 18.5 Å². The molecule has 2 rings (SSSR count). The van der Waals surface area contributed by atoms with Gasteiger partial charge in [0, 0.05) is 31.1 Å². The zero-order valence-electron chi connectivity index (χ0n) is 11.0. The molecule has 2 heterocycles. The van der Waals surface area contributed by atoms with Crippen LogP contribution in [0.1, 0.15) is 12.0 Å². The van der Waals surface area contributed by atoms with Gasteiger partial charge in [-0.15, -0.1) is 0 Å². The number of rotatable bonds is 6. The Balaban J connectivity index is 1.77. The van der Waals surface area contributed by atoms with E-state index in [1.165, 1.54) is 13.3 Å². The lowest BCUT2D eigenvalue weighted by atomic mass is 10.1. The Labute approximate surface area is 116 Å². The van der Waals surface area contributed by atoms with Crippen molar-refractivity contribution in [1.29, 1.82) is 0 Å². The van der Waals surface area contributed by atoms with Crippen LogP contribution in [0.5, 0.6) is 5.88 Å². The predicted octanol–water partition coefficient (Wildman–Crippen LogP) is 0.956. The highest BCUT2D eigenvalue weighted by Crippen LogP contribution is 2.06. The summed E-state index contributed by atoms with van der Waals surface area (Å²) in [7, 11) is 1.51. The minimum absolute atomic E-state index is 0.145. The van der Waals surface area contributed by atoms with Gasteiger partial charge in [0.05, 0.1) is 7.11 Å². The van der Waals surface area contributed by atoms with Crippen LogP contribution in [-0.2, 0) is 11.2 Å². The fourth-order valence-corrected chi connectivity index (χ4v) is 1.51. The van der Waals surface area contributed by atoms with Crippen molar-refractivity contribution in [3.05, 3.63) is 42.4 Å². The van der Waals surface area contributed by atoms with Gasteiger partial charge in [-0.25, -0.2) is 4.98 Å². The second-order valence-corrected chi connectivity index (χ2v) is 3.95. The van der Waals surface area contributed by atoms with E-state index >= 15 is 0 Å². The molecule has 0 saturated carbocycles. The van der Waals surface area contributed by atoms with E-state index < -0.39 is 0 Å². The maximum atomic E-state index is 11.7. The van der Waals surface area contributed by atoms with Crippen LogP contribution in [0.25, 0.3) is 0 Å². The highest BCUT2D eigenvalue weighted by molar-refractivity contribution is 5.77. The van der Waals surface area contributed by atoms with Gasteiger partial charge in [-0.2, -0.15) is 4.98 Å². The van der Waals surface area contributed by atoms with Gasteiger partial charge in [0.25, 0.3) is 0 Å². The number of carbonyl (C=O) groups is 1. The molecule has 0 unspecified atom stereocenters. The first-order valence-corrected chi connectivity index (χ1v) is 6.09. The highest BCUT2D eigenvalue weighted by atomic mass is 16.5. The fraction of sp³-hybridized carbons (Fsp3) is 0.231. The van der Waals surface area contributed by atoms with Crippen LogP contribution in [0.4, 0.5) is 5.95 Å². The molecule has 2 aromatic heterocycles. The lowest BCUT2D eigenvalue weighted by molar-refractivity contribution is -0.120. The number of pyridine rings is 1. The largest absolute Gasteiger partial charge is 0.481 e. The summed E-state index contributed by atoms with van der Waals surface area (Å²) in [5, 5.41) is 0. The quantitative estimate of drug-likeness (QED) is 0.762. The summed E-state index contributed by atoms with van der Waals surface area (Å²) in [4.78, 5) is 23.6. The summed E-state index contributed by atoms with van der Waals surface area (Å²) in [6.07, 6.45) is 5.96. The van der Waals surface area contributed by atoms with Gasteiger partial charge in [0.1, 0.15) is 0 Å². The average molecular weight is 273 g/mol. The van der Waals surface area contributed by atoms with Gasteiger partial charge in [-0.05, 0) is 24.1 Å². The van der Waals surface area contributed by atoms with Gasteiger partial charge >= 0.3 is 0 Å². The van der Waals surface area contributed by atoms with Crippen LogP contribution in [-0.4, -0.2) is 28.0 Å². The Kier molecular flexibility index (Phi) is 4.82. The lowest BCUT2D eigenvalue weighted by Crippen LogP contribution is -2.30. The number of hydrogen-bond donors (Lipinski definition) is 2. The van der Waals surface area contributed by atoms with E-state index in [0.29, 0.717) is 18.7 Å². The first kappa shape index (κ1) is 13.7. The molecule has 20 heavy (non-hydrogen) atoms. The number of nitrogens with one attached hydrogen (secondary N) is 2. The molecule has 104 valence electrons. The molecule has 0 aliphatic carbocycles. The normalized spacial score (nSPS) is 9.85. The first-order valence-electron chi connectivity index (χ1n) is 6.09. The molecule has 0 aliphatic heterocycles. The topological polar surface area (TPSA) is 89.0 Å². The summed E-state index contributed by atoms with van der Waals surface area (Å²) in [5.74, 6) is 0.559. The third kappa shape index (κ3) is 4.20. The third-order valence-corrected chi connectivity index (χ3v) is 2.54. The van der Waals surface area contributed by atoms with E-state index in [1.807, 2.05) is 12.1 Å². The monoisotopic (exact) mass is 273 g/mol. The van der Waals surface area contributed by atoms with Crippen LogP contribution in [0.15, 0.2) is 36.8 Å². The van der Waals surface area contributed by atoms with Gasteiger partial charge in [0.15, 0.2) is 0 Å². The summed E-state index contributed by atoms with van der Waals surface area (Å²) < 4.78 is 4.96. The van der Waals surface area contributed by atoms with E-state index in [4.69, 9.17) is 4.74 Å². The molecule has 0 spiro atoms. The molecule has 0 atom stereocenters. The zero-order valence-corrected chi connectivity index (χ0v) is 11.0. The van der Waals surface area contributed by atoms with Gasteiger partial charge in [-0.3, -0.25) is 20.6 Å². The van der Waals surface area contributed by atoms with Crippen molar-refractivity contribution in [2.24, 2.45) is 0 Å². The number of nitrogens with zero attached hydrogens (tertiary/aromatic N) is 3. The second-order valence-electron chi connectivity index (χ2n) is 3.95. The summed E-state index contributed by atoms with van der Waals surface area (Å²) in [6.45, 7) is 0. The van der Waals surface area contributed by atoms with Gasteiger partial charge < -0.3 is 4.74 Å². The van der Waals surface area contributed by atoms with Crippen molar-refractivity contribution in [3.63, 3.8) is 0 Å². The molecule has 7 nitrogen and oxygen atoms in total. The molecule has 0 radical (unpaired) electrons. The highest BCUT2D eigenvalue weighted by Gasteiger charge is 2.03. The van der Waals surface area contributed by atoms with Crippen molar-refractivity contribution in [3.8, 4) is 5.88 Å². The Morgan fingerprint density at radius 2 is 2.05 bits per heavy atom. The second kappa shape index (κ2) is 7.03. The number of hydrogen-bond acceptors (Lipinski definition) is 6. The Morgan fingerprint density at radius 3 is 2.80 bits per heavy atom. The average Bonchev–Trinajstić information content (AvgIpc) is 2.52. The summed E-state index contributed by atoms with van der Waals surface area (Å²) >= 11 is 0. The SMILES string of the molecule is COc1ccnc(NNC(=O)CCc2ccncc2)n1. The van der Waals surface area contributed by atoms with Crippen molar-refractivity contribution >= 4 is 11.9 Å². The zero-order chi connectivity index (χ0) is 14.2. The number of aromatic nitrogens is 3. The van der Waals surface area contributed by atoms with E-state index in [9.17, 15) is 4.79 Å². The molecule has 0 saturated heterocycles. The summed E-state index contributed by atoms with van der Waals surface area (Å²) in [6, 6.07) is 5.38. The molecule has 1 amide bonds. The standard InChI is InChI=1S/C13H15N5O2/c1-20-12-6-9-15-13(16-12)18-17-11(19)3-2-10-4-7-14-8-5-10/h4-9H,2-3H2,1H3,(H,17,19)(H,15,16,18). The van der Waals surface area contributed by atoms with Crippen LogP contribution >= 0.6 is 0 Å². The molecule has 0 bridgehead atoms. The summed E-state index contributed by atoms with van der Waals surface area (Å²) in [5.41, 5.74) is 6.24. The number of hydrazine groups is 1. The minimum atomic E-state index is -0.145. The van der Waals surface area contributed by atoms with Crippen LogP contribution < -0.4 is 15.6 Å². The maximum absolute atomic E-state index is 11.7. The van der Waals surface area contributed by atoms with Crippen LogP contribution in [0.2, 0.25) is 0 Å². The van der Waals surface area contributed by atoms with E-state index in [-0.39, 0.29) is 11.9 Å². The van der Waals surface area contributed by atoms with Gasteiger partial charge in [0.2, 0.25) is 17.7 Å². The molecule has 0 aromatic carbocycles. The molecular formula is C13H15N5O2. The van der Waals surface area contributed by atoms with Crippen molar-refractivity contribution in [2.75, 3.05) is 12.5 Å². The number of carbonyl (C=O) groups excluding carboxylic acids is 1. The Hall–Kier alpha value is -2.70. The Morgan fingerprint density at radius 1 is 1.25 bits per heavy atom. The molecular weight excluding hydrogens is 258 g/mol. The van der Waals surface area contributed by atoms with E-state index in [0.717, 1.165) is 5.56 Å². The third-order valence-electron chi connectivity index (χ3n) is 2.54. The molecule has 0 fully saturated rings. The number of amides is 1. The van der Waals surface area contributed by atoms with Crippen LogP contribution in [0, 0.1) is 0 Å². The molecule has 0 aliphatic rings. The van der Waals surface area contributed by atoms with Crippen molar-refractivity contribution < 1.29 is 9.53 Å². The number of methoxy groups -OCH3 is 1. The fourth-order valence-electron chi connectivity index (χ4n) is 1.51. The number of anilines is 1. The smallest absolute Gasteiger partial charge is 0.245 e. The number of aryl methyl sites for hydroxylation is 1. The minimum Gasteiger partial charge on any atom is -0.481 e. The Bertz CT molecular complexity index is 562. The van der Waals surface area contributed by atoms with Crippen molar-refractivity contribution in [2.45, 2.75) is 12.8 Å². The molecule has 2 aromatic rings.